The van der Waals surface area contributed by atoms with Crippen LogP contribution in [-0.2, 0) is 17.8 Å². The van der Waals surface area contributed by atoms with E-state index in [0.717, 1.165) is 11.1 Å². The number of halogens is 1. The van der Waals surface area contributed by atoms with Crippen molar-refractivity contribution >= 4 is 5.91 Å². The normalized spacial score (nSPS) is 10.3. The summed E-state index contributed by atoms with van der Waals surface area (Å²) in [6.07, 6.45) is 0.977. The minimum atomic E-state index is -0.268. The number of carbonyl (C=O) groups is 1. The lowest BCUT2D eigenvalue weighted by Crippen LogP contribution is -2.26. The Morgan fingerprint density at radius 2 is 1.62 bits per heavy atom. The summed E-state index contributed by atoms with van der Waals surface area (Å²) in [7, 11) is 4.94. The van der Waals surface area contributed by atoms with Crippen molar-refractivity contribution in [2.24, 2.45) is 0 Å². The van der Waals surface area contributed by atoms with Gasteiger partial charge >= 0.3 is 0 Å². The number of aryl methyl sites for hydroxylation is 1. The van der Waals surface area contributed by atoms with Crippen LogP contribution in [0.3, 0.4) is 0 Å². The molecule has 24 heavy (non-hydrogen) atoms. The highest BCUT2D eigenvalue weighted by atomic mass is 19.1. The van der Waals surface area contributed by atoms with E-state index >= 15 is 0 Å². The minimum absolute atomic E-state index is 0.0362. The molecule has 0 aliphatic rings. The smallest absolute Gasteiger partial charge is 0.222 e. The molecule has 128 valence electrons. The largest absolute Gasteiger partial charge is 0.493 e. The van der Waals surface area contributed by atoms with Gasteiger partial charge < -0.3 is 14.4 Å². The predicted molar refractivity (Wildman–Crippen MR) is 90.7 cm³/mol. The molecular weight excluding hydrogens is 309 g/mol. The second-order valence-electron chi connectivity index (χ2n) is 5.57. The first-order valence-corrected chi connectivity index (χ1v) is 7.72. The molecule has 0 heterocycles. The number of carbonyl (C=O) groups excluding carboxylic acids is 1. The molecule has 4 nitrogen and oxygen atoms in total. The van der Waals surface area contributed by atoms with Crippen LogP contribution in [0.5, 0.6) is 11.5 Å². The van der Waals surface area contributed by atoms with Gasteiger partial charge in [0.25, 0.3) is 0 Å². The van der Waals surface area contributed by atoms with Crippen molar-refractivity contribution in [3.05, 3.63) is 59.4 Å². The number of methoxy groups -OCH3 is 2. The maximum absolute atomic E-state index is 12.9. The van der Waals surface area contributed by atoms with Crippen molar-refractivity contribution in [3.8, 4) is 11.5 Å². The average Bonchev–Trinajstić information content (AvgIpc) is 2.60. The topological polar surface area (TPSA) is 38.8 Å². The van der Waals surface area contributed by atoms with Crippen molar-refractivity contribution in [2.75, 3.05) is 21.3 Å². The van der Waals surface area contributed by atoms with E-state index < -0.39 is 0 Å². The minimum Gasteiger partial charge on any atom is -0.493 e. The first-order valence-electron chi connectivity index (χ1n) is 7.72. The van der Waals surface area contributed by atoms with Gasteiger partial charge in [-0.25, -0.2) is 4.39 Å². The maximum Gasteiger partial charge on any atom is 0.222 e. The van der Waals surface area contributed by atoms with Gasteiger partial charge in [-0.3, -0.25) is 4.79 Å². The molecule has 0 aliphatic carbocycles. The van der Waals surface area contributed by atoms with Gasteiger partial charge in [0.15, 0.2) is 11.5 Å². The zero-order chi connectivity index (χ0) is 17.5. The number of nitrogens with zero attached hydrogens (tertiary/aromatic N) is 1. The van der Waals surface area contributed by atoms with Crippen LogP contribution in [0.1, 0.15) is 17.5 Å². The molecule has 0 aliphatic heterocycles. The van der Waals surface area contributed by atoms with E-state index in [0.29, 0.717) is 30.9 Å². The van der Waals surface area contributed by atoms with Gasteiger partial charge in [-0.2, -0.15) is 0 Å². The van der Waals surface area contributed by atoms with Crippen LogP contribution in [0, 0.1) is 5.82 Å². The summed E-state index contributed by atoms with van der Waals surface area (Å²) >= 11 is 0. The summed E-state index contributed by atoms with van der Waals surface area (Å²) in [5.41, 5.74) is 1.91. The number of hydrogen-bond acceptors (Lipinski definition) is 3. The van der Waals surface area contributed by atoms with Crippen molar-refractivity contribution < 1.29 is 18.7 Å². The van der Waals surface area contributed by atoms with E-state index in [1.54, 1.807) is 38.3 Å². The maximum atomic E-state index is 12.9. The molecule has 0 radical (unpaired) electrons. The number of hydrogen-bond donors (Lipinski definition) is 0. The molecule has 0 unspecified atom stereocenters. The van der Waals surface area contributed by atoms with E-state index in [1.807, 2.05) is 18.2 Å². The number of amides is 1. The lowest BCUT2D eigenvalue weighted by atomic mass is 10.1. The van der Waals surface area contributed by atoms with Crippen LogP contribution in [0.4, 0.5) is 4.39 Å². The van der Waals surface area contributed by atoms with Gasteiger partial charge in [0, 0.05) is 20.0 Å². The zero-order valence-corrected chi connectivity index (χ0v) is 14.2. The highest BCUT2D eigenvalue weighted by Crippen LogP contribution is 2.28. The molecule has 0 saturated heterocycles. The van der Waals surface area contributed by atoms with Crippen molar-refractivity contribution in [3.63, 3.8) is 0 Å². The van der Waals surface area contributed by atoms with Crippen molar-refractivity contribution in [2.45, 2.75) is 19.4 Å². The fourth-order valence-corrected chi connectivity index (χ4v) is 2.43. The second-order valence-corrected chi connectivity index (χ2v) is 5.57. The van der Waals surface area contributed by atoms with Gasteiger partial charge in [0.1, 0.15) is 5.82 Å². The molecule has 2 aromatic rings. The number of benzene rings is 2. The van der Waals surface area contributed by atoms with Gasteiger partial charge in [-0.15, -0.1) is 0 Å². The molecule has 0 atom stereocenters. The average molecular weight is 331 g/mol. The lowest BCUT2D eigenvalue weighted by Gasteiger charge is -2.18. The monoisotopic (exact) mass is 331 g/mol. The van der Waals surface area contributed by atoms with Crippen LogP contribution >= 0.6 is 0 Å². The molecule has 0 fully saturated rings. The van der Waals surface area contributed by atoms with E-state index in [-0.39, 0.29) is 11.7 Å². The first-order chi connectivity index (χ1) is 11.5. The Labute approximate surface area is 141 Å². The second kappa shape index (κ2) is 8.34. The molecule has 0 N–H and O–H groups in total. The molecule has 5 heteroatoms. The number of rotatable bonds is 7. The quantitative estimate of drug-likeness (QED) is 0.780. The summed E-state index contributed by atoms with van der Waals surface area (Å²) in [5, 5.41) is 0. The molecule has 1 amide bonds. The molecular formula is C19H22FNO3. The van der Waals surface area contributed by atoms with Crippen LogP contribution in [0.15, 0.2) is 42.5 Å². The van der Waals surface area contributed by atoms with E-state index in [4.69, 9.17) is 9.47 Å². The molecule has 2 rings (SSSR count). The highest BCUT2D eigenvalue weighted by molar-refractivity contribution is 5.76. The Bertz CT molecular complexity index is 686. The molecule has 0 saturated carbocycles. The Hall–Kier alpha value is -2.56. The van der Waals surface area contributed by atoms with Crippen molar-refractivity contribution in [1.82, 2.24) is 4.90 Å². The molecule has 0 spiro atoms. The Balaban J connectivity index is 1.92. The van der Waals surface area contributed by atoms with Crippen molar-refractivity contribution in [1.29, 1.82) is 0 Å². The van der Waals surface area contributed by atoms with Crippen LogP contribution in [0.25, 0.3) is 0 Å². The summed E-state index contributed by atoms with van der Waals surface area (Å²) in [4.78, 5) is 13.9. The summed E-state index contributed by atoms with van der Waals surface area (Å²) in [6, 6.07) is 11.8. The molecule has 2 aromatic carbocycles. The van der Waals surface area contributed by atoms with E-state index in [9.17, 15) is 9.18 Å². The first kappa shape index (κ1) is 17.8. The lowest BCUT2D eigenvalue weighted by molar-refractivity contribution is -0.130. The van der Waals surface area contributed by atoms with E-state index in [2.05, 4.69) is 0 Å². The van der Waals surface area contributed by atoms with Crippen LogP contribution in [0.2, 0.25) is 0 Å². The highest BCUT2D eigenvalue weighted by Gasteiger charge is 2.11. The SMILES string of the molecule is COc1ccc(CN(C)C(=O)CCc2ccc(F)cc2)cc1OC. The predicted octanol–water partition coefficient (Wildman–Crippen LogP) is 3.43. The zero-order valence-electron chi connectivity index (χ0n) is 14.2. The van der Waals surface area contributed by atoms with E-state index in [1.165, 1.54) is 12.1 Å². The fraction of sp³-hybridized carbons (Fsp3) is 0.316. The van der Waals surface area contributed by atoms with Crippen LogP contribution in [-0.4, -0.2) is 32.1 Å². The van der Waals surface area contributed by atoms with Gasteiger partial charge in [0.2, 0.25) is 5.91 Å². The third-order valence-corrected chi connectivity index (χ3v) is 3.83. The molecule has 0 aromatic heterocycles. The van der Waals surface area contributed by atoms with Crippen LogP contribution < -0.4 is 9.47 Å². The Morgan fingerprint density at radius 3 is 2.25 bits per heavy atom. The number of ether oxygens (including phenoxy) is 2. The Morgan fingerprint density at radius 1 is 1.00 bits per heavy atom. The Kier molecular flexibility index (Phi) is 6.18. The molecule has 0 bridgehead atoms. The van der Waals surface area contributed by atoms with Gasteiger partial charge in [-0.05, 0) is 41.8 Å². The standard InChI is InChI=1S/C19H22FNO3/c1-21(13-15-6-10-17(23-2)18(12-15)24-3)19(22)11-7-14-4-8-16(20)9-5-14/h4-6,8-10,12H,7,11,13H2,1-3H3. The fourth-order valence-electron chi connectivity index (χ4n) is 2.43. The third-order valence-electron chi connectivity index (χ3n) is 3.83. The van der Waals surface area contributed by atoms with Gasteiger partial charge in [0.05, 0.1) is 14.2 Å². The summed E-state index contributed by atoms with van der Waals surface area (Å²) in [6.45, 7) is 0.489. The summed E-state index contributed by atoms with van der Waals surface area (Å²) in [5.74, 6) is 1.07. The summed E-state index contributed by atoms with van der Waals surface area (Å²) < 4.78 is 23.4. The van der Waals surface area contributed by atoms with Gasteiger partial charge in [-0.1, -0.05) is 18.2 Å². The third kappa shape index (κ3) is 4.72.